The van der Waals surface area contributed by atoms with Gasteiger partial charge in [-0.05, 0) is 31.2 Å². The highest BCUT2D eigenvalue weighted by Crippen LogP contribution is 2.25. The summed E-state index contributed by atoms with van der Waals surface area (Å²) in [5, 5.41) is 0. The predicted molar refractivity (Wildman–Crippen MR) is 82.1 cm³/mol. The van der Waals surface area contributed by atoms with Crippen molar-refractivity contribution in [3.63, 3.8) is 0 Å². The number of rotatable bonds is 4. The lowest BCUT2D eigenvalue weighted by molar-refractivity contribution is 0.340. The van der Waals surface area contributed by atoms with Gasteiger partial charge < -0.3 is 9.30 Å². The van der Waals surface area contributed by atoms with Crippen LogP contribution in [0.2, 0.25) is 0 Å². The van der Waals surface area contributed by atoms with Gasteiger partial charge in [0, 0.05) is 20.0 Å². The highest BCUT2D eigenvalue weighted by molar-refractivity contribution is 7.89. The Hall–Kier alpha value is -1.86. The highest BCUT2D eigenvalue weighted by atomic mass is 32.2. The lowest BCUT2D eigenvalue weighted by Crippen LogP contribution is -2.36. The quantitative estimate of drug-likeness (QED) is 0.857. The number of benzene rings is 1. The third-order valence-corrected chi connectivity index (χ3v) is 5.70. The van der Waals surface area contributed by atoms with Crippen LogP contribution in [-0.4, -0.2) is 35.4 Å². The summed E-state index contributed by atoms with van der Waals surface area (Å²) in [5.74, 6) is 0.675. The molecule has 0 radical (unpaired) electrons. The van der Waals surface area contributed by atoms with Crippen LogP contribution in [0.25, 0.3) is 0 Å². The van der Waals surface area contributed by atoms with E-state index in [9.17, 15) is 8.42 Å². The van der Waals surface area contributed by atoms with Crippen molar-refractivity contribution in [1.29, 1.82) is 0 Å². The van der Waals surface area contributed by atoms with E-state index in [0.29, 0.717) is 36.8 Å². The Morgan fingerprint density at radius 2 is 2.00 bits per heavy atom. The topological polar surface area (TPSA) is 64.4 Å². The smallest absolute Gasteiger partial charge is 0.243 e. The van der Waals surface area contributed by atoms with Crippen molar-refractivity contribution in [2.75, 3.05) is 13.2 Å². The van der Waals surface area contributed by atoms with Crippen molar-refractivity contribution in [3.05, 3.63) is 42.0 Å². The second-order valence-corrected chi connectivity index (χ2v) is 7.18. The Labute approximate surface area is 130 Å². The first-order valence-electron chi connectivity index (χ1n) is 7.24. The molecule has 0 saturated carbocycles. The minimum atomic E-state index is -3.49. The number of imidazole rings is 1. The fourth-order valence-electron chi connectivity index (χ4n) is 2.62. The van der Waals surface area contributed by atoms with Crippen molar-refractivity contribution in [3.8, 4) is 5.75 Å². The zero-order valence-electron chi connectivity index (χ0n) is 12.7. The molecule has 6 nitrogen and oxygen atoms in total. The number of aromatic nitrogens is 2. The first-order chi connectivity index (χ1) is 10.5. The van der Waals surface area contributed by atoms with Crippen molar-refractivity contribution in [2.45, 2.75) is 24.8 Å². The third-order valence-electron chi connectivity index (χ3n) is 3.84. The molecule has 1 aliphatic heterocycles. The van der Waals surface area contributed by atoms with Gasteiger partial charge in [-0.15, -0.1) is 0 Å². The van der Waals surface area contributed by atoms with E-state index in [1.54, 1.807) is 30.6 Å². The normalized spacial score (nSPS) is 15.5. The van der Waals surface area contributed by atoms with Gasteiger partial charge in [-0.2, -0.15) is 4.31 Å². The number of sulfonamides is 1. The zero-order chi connectivity index (χ0) is 15.7. The molecular weight excluding hydrogens is 302 g/mol. The van der Waals surface area contributed by atoms with Crippen LogP contribution in [0.5, 0.6) is 5.75 Å². The van der Waals surface area contributed by atoms with Crippen LogP contribution in [0.4, 0.5) is 0 Å². The molecule has 0 aliphatic carbocycles. The molecule has 1 aliphatic rings. The molecule has 7 heteroatoms. The van der Waals surface area contributed by atoms with Crippen molar-refractivity contribution >= 4 is 10.0 Å². The number of hydrogen-bond donors (Lipinski definition) is 0. The summed E-state index contributed by atoms with van der Waals surface area (Å²) in [6, 6.07) is 6.57. The number of ether oxygens (including phenoxy) is 1. The summed E-state index contributed by atoms with van der Waals surface area (Å²) in [7, 11) is -1.61. The molecule has 3 rings (SSSR count). The molecule has 22 heavy (non-hydrogen) atoms. The second-order valence-electron chi connectivity index (χ2n) is 5.24. The van der Waals surface area contributed by atoms with Gasteiger partial charge in [0.15, 0.2) is 0 Å². The van der Waals surface area contributed by atoms with Gasteiger partial charge in [-0.25, -0.2) is 13.4 Å². The van der Waals surface area contributed by atoms with Crippen LogP contribution in [0.1, 0.15) is 18.3 Å². The van der Waals surface area contributed by atoms with Gasteiger partial charge in [-0.3, -0.25) is 0 Å². The van der Waals surface area contributed by atoms with Gasteiger partial charge in [0.2, 0.25) is 10.0 Å². The summed E-state index contributed by atoms with van der Waals surface area (Å²) in [5.41, 5.74) is 1.95. The van der Waals surface area contributed by atoms with E-state index < -0.39 is 10.0 Å². The Bertz CT molecular complexity index is 766. The Balaban J connectivity index is 1.86. The molecule has 0 amide bonds. The molecule has 2 aromatic rings. The summed E-state index contributed by atoms with van der Waals surface area (Å²) >= 11 is 0. The second kappa shape index (κ2) is 5.73. The van der Waals surface area contributed by atoms with Crippen LogP contribution >= 0.6 is 0 Å². The molecule has 1 aromatic carbocycles. The standard InChI is InChI=1S/C15H19N3O3S/c1-3-21-12-4-6-13(7-5-12)22(19,20)18-9-8-14-15(10-18)17(2)11-16-14/h4-7,11H,3,8-10H2,1-2H3. The van der Waals surface area contributed by atoms with Gasteiger partial charge >= 0.3 is 0 Å². The number of nitrogens with zero attached hydrogens (tertiary/aromatic N) is 3. The predicted octanol–water partition coefficient (Wildman–Crippen LogP) is 1.57. The first kappa shape index (κ1) is 15.1. The molecule has 0 N–H and O–H groups in total. The molecule has 118 valence electrons. The van der Waals surface area contributed by atoms with Crippen molar-refractivity contribution in [1.82, 2.24) is 13.9 Å². The molecule has 0 bridgehead atoms. The highest BCUT2D eigenvalue weighted by Gasteiger charge is 2.30. The molecule has 0 saturated heterocycles. The monoisotopic (exact) mass is 321 g/mol. The van der Waals surface area contributed by atoms with E-state index in [1.165, 1.54) is 4.31 Å². The van der Waals surface area contributed by atoms with E-state index >= 15 is 0 Å². The van der Waals surface area contributed by atoms with Crippen molar-refractivity contribution < 1.29 is 13.2 Å². The number of fused-ring (bicyclic) bond motifs is 1. The van der Waals surface area contributed by atoms with Gasteiger partial charge in [0.25, 0.3) is 0 Å². The first-order valence-corrected chi connectivity index (χ1v) is 8.68. The lowest BCUT2D eigenvalue weighted by Gasteiger charge is -2.26. The average molecular weight is 321 g/mol. The van der Waals surface area contributed by atoms with Crippen LogP contribution in [0, 0.1) is 0 Å². The van der Waals surface area contributed by atoms with Crippen LogP contribution < -0.4 is 4.74 Å². The minimum Gasteiger partial charge on any atom is -0.494 e. The largest absolute Gasteiger partial charge is 0.494 e. The number of hydrogen-bond acceptors (Lipinski definition) is 4. The summed E-state index contributed by atoms with van der Waals surface area (Å²) < 4.78 is 34.3. The molecule has 0 spiro atoms. The van der Waals surface area contributed by atoms with E-state index in [1.807, 2.05) is 18.5 Å². The SMILES string of the molecule is CCOc1ccc(S(=O)(=O)N2CCc3ncn(C)c3C2)cc1. The molecule has 1 aromatic heterocycles. The van der Waals surface area contributed by atoms with Gasteiger partial charge in [0.1, 0.15) is 5.75 Å². The lowest BCUT2D eigenvalue weighted by atomic mass is 10.2. The average Bonchev–Trinajstić information content (AvgIpc) is 2.89. The summed E-state index contributed by atoms with van der Waals surface area (Å²) in [6.45, 7) is 3.27. The Morgan fingerprint density at radius 1 is 1.27 bits per heavy atom. The maximum absolute atomic E-state index is 12.8. The van der Waals surface area contributed by atoms with E-state index in [-0.39, 0.29) is 0 Å². The van der Waals surface area contributed by atoms with Crippen LogP contribution in [-0.2, 0) is 30.0 Å². The van der Waals surface area contributed by atoms with Crippen LogP contribution in [0.3, 0.4) is 0 Å². The molecular formula is C15H19N3O3S. The van der Waals surface area contributed by atoms with E-state index in [0.717, 1.165) is 11.4 Å². The fraction of sp³-hybridized carbons (Fsp3) is 0.400. The Kier molecular flexibility index (Phi) is 3.92. The van der Waals surface area contributed by atoms with Crippen molar-refractivity contribution in [2.24, 2.45) is 7.05 Å². The molecule has 2 heterocycles. The minimum absolute atomic E-state index is 0.293. The summed E-state index contributed by atoms with van der Waals surface area (Å²) in [4.78, 5) is 4.60. The van der Waals surface area contributed by atoms with Gasteiger partial charge in [-0.1, -0.05) is 0 Å². The number of aryl methyl sites for hydroxylation is 1. The van der Waals surface area contributed by atoms with E-state index in [4.69, 9.17) is 4.74 Å². The Morgan fingerprint density at radius 3 is 2.68 bits per heavy atom. The zero-order valence-corrected chi connectivity index (χ0v) is 13.5. The maximum atomic E-state index is 12.8. The maximum Gasteiger partial charge on any atom is 0.243 e. The van der Waals surface area contributed by atoms with Crippen LogP contribution in [0.15, 0.2) is 35.5 Å². The van der Waals surface area contributed by atoms with E-state index in [2.05, 4.69) is 4.98 Å². The third kappa shape index (κ3) is 2.62. The fourth-order valence-corrected chi connectivity index (χ4v) is 4.02. The molecule has 0 fully saturated rings. The van der Waals surface area contributed by atoms with Gasteiger partial charge in [0.05, 0.1) is 35.8 Å². The summed E-state index contributed by atoms with van der Waals surface area (Å²) in [6.07, 6.45) is 2.38. The molecule has 0 atom stereocenters. The molecule has 0 unspecified atom stereocenters.